The van der Waals surface area contributed by atoms with Crippen molar-refractivity contribution >= 4 is 23.2 Å². The topological polar surface area (TPSA) is 61.4 Å². The van der Waals surface area contributed by atoms with E-state index >= 15 is 0 Å². The Labute approximate surface area is 117 Å². The number of nitrogens with one attached hydrogen (secondary N) is 2. The van der Waals surface area contributed by atoms with Gasteiger partial charge in [-0.2, -0.15) is 11.3 Å². The fourth-order valence-electron chi connectivity index (χ4n) is 2.13. The van der Waals surface area contributed by atoms with Crippen LogP contribution in [-0.4, -0.2) is 48.9 Å². The second-order valence-corrected chi connectivity index (χ2v) is 5.44. The monoisotopic (exact) mass is 281 g/mol. The molecule has 0 saturated carbocycles. The number of thiophene rings is 1. The molecule has 1 aliphatic rings. The average Bonchev–Trinajstić information content (AvgIpc) is 2.93. The van der Waals surface area contributed by atoms with Gasteiger partial charge in [0, 0.05) is 49.6 Å². The Hall–Kier alpha value is -1.40. The van der Waals surface area contributed by atoms with Crippen molar-refractivity contribution in [3.05, 3.63) is 22.4 Å². The minimum Gasteiger partial charge on any atom is -0.351 e. The molecule has 1 atom stereocenters. The average molecular weight is 281 g/mol. The van der Waals surface area contributed by atoms with E-state index in [1.807, 2.05) is 17.2 Å². The second kappa shape index (κ2) is 6.68. The van der Waals surface area contributed by atoms with Crippen molar-refractivity contribution in [2.24, 2.45) is 0 Å². The van der Waals surface area contributed by atoms with Gasteiger partial charge < -0.3 is 15.5 Å². The predicted octanol–water partition coefficient (Wildman–Crippen LogP) is 0.688. The van der Waals surface area contributed by atoms with E-state index in [0.717, 1.165) is 19.6 Å². The Morgan fingerprint density at radius 2 is 2.42 bits per heavy atom. The van der Waals surface area contributed by atoms with Gasteiger partial charge in [0.25, 0.3) is 5.91 Å². The first-order valence-electron chi connectivity index (χ1n) is 6.49. The van der Waals surface area contributed by atoms with E-state index in [1.54, 1.807) is 11.4 Å². The summed E-state index contributed by atoms with van der Waals surface area (Å²) in [5.41, 5.74) is 0.660. The summed E-state index contributed by atoms with van der Waals surface area (Å²) >= 11 is 1.49. The molecule has 1 aliphatic heterocycles. The molecule has 1 aromatic heterocycles. The summed E-state index contributed by atoms with van der Waals surface area (Å²) in [6.45, 7) is 4.86. The Kier molecular flexibility index (Phi) is 4.93. The van der Waals surface area contributed by atoms with Gasteiger partial charge in [-0.05, 0) is 18.4 Å². The van der Waals surface area contributed by atoms with E-state index in [2.05, 4.69) is 10.6 Å². The molecule has 2 heterocycles. The fourth-order valence-corrected chi connectivity index (χ4v) is 2.77. The van der Waals surface area contributed by atoms with E-state index in [-0.39, 0.29) is 17.9 Å². The molecule has 0 bridgehead atoms. The molecule has 19 heavy (non-hydrogen) atoms. The molecule has 0 radical (unpaired) electrons. The van der Waals surface area contributed by atoms with Crippen LogP contribution in [0.4, 0.5) is 0 Å². The van der Waals surface area contributed by atoms with Gasteiger partial charge in [0.15, 0.2) is 0 Å². The van der Waals surface area contributed by atoms with Crippen LogP contribution < -0.4 is 10.6 Å². The van der Waals surface area contributed by atoms with Gasteiger partial charge in [-0.1, -0.05) is 0 Å². The molecule has 0 aliphatic carbocycles. The third-order valence-electron chi connectivity index (χ3n) is 3.23. The largest absolute Gasteiger partial charge is 0.351 e. The molecule has 2 N–H and O–H groups in total. The van der Waals surface area contributed by atoms with Crippen LogP contribution in [0.2, 0.25) is 0 Å². The van der Waals surface area contributed by atoms with Crippen LogP contribution in [-0.2, 0) is 4.79 Å². The number of piperazine rings is 1. The van der Waals surface area contributed by atoms with Crippen LogP contribution >= 0.6 is 11.3 Å². The van der Waals surface area contributed by atoms with E-state index in [0.29, 0.717) is 18.5 Å². The molecule has 2 amide bonds. The Morgan fingerprint density at radius 3 is 3.11 bits per heavy atom. The number of rotatable bonds is 4. The summed E-state index contributed by atoms with van der Waals surface area (Å²) in [4.78, 5) is 25.6. The molecule has 1 fully saturated rings. The normalized spacial score (nSPS) is 19.2. The number of carbonyl (C=O) groups excluding carboxylic acids is 2. The summed E-state index contributed by atoms with van der Waals surface area (Å²) < 4.78 is 0. The fraction of sp³-hybridized carbons (Fsp3) is 0.538. The quantitative estimate of drug-likeness (QED) is 0.853. The first-order chi connectivity index (χ1) is 9.18. The van der Waals surface area contributed by atoms with E-state index < -0.39 is 0 Å². The maximum absolute atomic E-state index is 12.0. The lowest BCUT2D eigenvalue weighted by Crippen LogP contribution is -2.52. The van der Waals surface area contributed by atoms with Crippen molar-refractivity contribution in [3.8, 4) is 0 Å². The summed E-state index contributed by atoms with van der Waals surface area (Å²) in [7, 11) is 0. The Balaban J connectivity index is 1.73. The van der Waals surface area contributed by atoms with Gasteiger partial charge in [0.2, 0.25) is 5.91 Å². The first-order valence-corrected chi connectivity index (χ1v) is 7.43. The molecule has 1 saturated heterocycles. The molecule has 0 unspecified atom stereocenters. The SMILES string of the molecule is C[C@H]1CNCCN1C(=O)CCNC(=O)c1ccsc1. The number of hydrogen-bond acceptors (Lipinski definition) is 4. The molecule has 0 aromatic carbocycles. The van der Waals surface area contributed by atoms with Crippen molar-refractivity contribution in [1.82, 2.24) is 15.5 Å². The van der Waals surface area contributed by atoms with Crippen molar-refractivity contribution in [2.45, 2.75) is 19.4 Å². The molecule has 104 valence electrons. The molecule has 6 heteroatoms. The molecule has 5 nitrogen and oxygen atoms in total. The predicted molar refractivity (Wildman–Crippen MR) is 75.3 cm³/mol. The lowest BCUT2D eigenvalue weighted by molar-refractivity contribution is -0.133. The number of carbonyl (C=O) groups is 2. The Morgan fingerprint density at radius 1 is 1.58 bits per heavy atom. The lowest BCUT2D eigenvalue weighted by atomic mass is 10.2. The highest BCUT2D eigenvalue weighted by molar-refractivity contribution is 7.08. The summed E-state index contributed by atoms with van der Waals surface area (Å²) in [6.07, 6.45) is 0.361. The maximum atomic E-state index is 12.0. The Bertz CT molecular complexity index is 433. The maximum Gasteiger partial charge on any atom is 0.252 e. The molecule has 0 spiro atoms. The van der Waals surface area contributed by atoms with Crippen molar-refractivity contribution in [1.29, 1.82) is 0 Å². The minimum absolute atomic E-state index is 0.109. The molecule has 2 rings (SSSR count). The van der Waals surface area contributed by atoms with Crippen molar-refractivity contribution < 1.29 is 9.59 Å². The third-order valence-corrected chi connectivity index (χ3v) is 3.91. The summed E-state index contributed by atoms with van der Waals surface area (Å²) in [5, 5.41) is 9.69. The molecule has 1 aromatic rings. The highest BCUT2D eigenvalue weighted by Crippen LogP contribution is 2.06. The van der Waals surface area contributed by atoms with E-state index in [1.165, 1.54) is 11.3 Å². The highest BCUT2D eigenvalue weighted by Gasteiger charge is 2.22. The van der Waals surface area contributed by atoms with Crippen LogP contribution in [0.15, 0.2) is 16.8 Å². The van der Waals surface area contributed by atoms with Crippen LogP contribution in [0.5, 0.6) is 0 Å². The van der Waals surface area contributed by atoms with Gasteiger partial charge in [0.1, 0.15) is 0 Å². The zero-order valence-corrected chi connectivity index (χ0v) is 11.8. The summed E-state index contributed by atoms with van der Waals surface area (Å²) in [5.74, 6) is 0.00188. The van der Waals surface area contributed by atoms with Crippen LogP contribution in [0.3, 0.4) is 0 Å². The van der Waals surface area contributed by atoms with E-state index in [9.17, 15) is 9.59 Å². The minimum atomic E-state index is -0.109. The zero-order valence-electron chi connectivity index (χ0n) is 11.0. The standard InChI is InChI=1S/C13H19N3O2S/c1-10-8-14-5-6-16(10)12(17)2-4-15-13(18)11-3-7-19-9-11/h3,7,9-10,14H,2,4-6,8H2,1H3,(H,15,18)/t10-/m0/s1. The lowest BCUT2D eigenvalue weighted by Gasteiger charge is -2.34. The van der Waals surface area contributed by atoms with Crippen molar-refractivity contribution in [2.75, 3.05) is 26.2 Å². The van der Waals surface area contributed by atoms with Gasteiger partial charge >= 0.3 is 0 Å². The smallest absolute Gasteiger partial charge is 0.252 e. The van der Waals surface area contributed by atoms with Crippen LogP contribution in [0, 0.1) is 0 Å². The van der Waals surface area contributed by atoms with E-state index in [4.69, 9.17) is 0 Å². The second-order valence-electron chi connectivity index (χ2n) is 4.66. The zero-order chi connectivity index (χ0) is 13.7. The van der Waals surface area contributed by atoms with Gasteiger partial charge in [-0.25, -0.2) is 0 Å². The van der Waals surface area contributed by atoms with Crippen LogP contribution in [0.1, 0.15) is 23.7 Å². The van der Waals surface area contributed by atoms with Gasteiger partial charge in [-0.15, -0.1) is 0 Å². The van der Waals surface area contributed by atoms with Crippen LogP contribution in [0.25, 0.3) is 0 Å². The van der Waals surface area contributed by atoms with Crippen molar-refractivity contribution in [3.63, 3.8) is 0 Å². The first kappa shape index (κ1) is 14.0. The molecular formula is C13H19N3O2S. The number of nitrogens with zero attached hydrogens (tertiary/aromatic N) is 1. The van der Waals surface area contributed by atoms with Gasteiger partial charge in [-0.3, -0.25) is 9.59 Å². The number of amides is 2. The summed E-state index contributed by atoms with van der Waals surface area (Å²) in [6, 6.07) is 2.01. The third kappa shape index (κ3) is 3.78. The molecular weight excluding hydrogens is 262 g/mol. The number of hydrogen-bond donors (Lipinski definition) is 2. The highest BCUT2D eigenvalue weighted by atomic mass is 32.1. The van der Waals surface area contributed by atoms with Gasteiger partial charge in [0.05, 0.1) is 0 Å².